The lowest BCUT2D eigenvalue weighted by Gasteiger charge is -2.35. The molecule has 3 heteroatoms. The second-order valence-corrected chi connectivity index (χ2v) is 5.94. The van der Waals surface area contributed by atoms with E-state index in [1.54, 1.807) is 0 Å². The number of hydrogen-bond acceptors (Lipinski definition) is 3. The van der Waals surface area contributed by atoms with Crippen LogP contribution in [0.15, 0.2) is 73.3 Å². The smallest absolute Gasteiger partial charge is 0.184 e. The van der Waals surface area contributed by atoms with Gasteiger partial charge in [-0.1, -0.05) is 66.7 Å². The average Bonchev–Trinajstić information content (AvgIpc) is 2.67. The maximum Gasteiger partial charge on any atom is 0.184 e. The Balaban J connectivity index is 1.63. The molecule has 0 aliphatic carbocycles. The zero-order chi connectivity index (χ0) is 16.6. The first-order chi connectivity index (χ1) is 11.9. The van der Waals surface area contributed by atoms with Gasteiger partial charge in [-0.05, 0) is 18.4 Å². The molecule has 1 aliphatic heterocycles. The Labute approximate surface area is 143 Å². The summed E-state index contributed by atoms with van der Waals surface area (Å²) in [5.41, 5.74) is 2.21. The van der Waals surface area contributed by atoms with E-state index in [2.05, 4.69) is 18.7 Å². The fourth-order valence-corrected chi connectivity index (χ4v) is 2.88. The zero-order valence-electron chi connectivity index (χ0n) is 13.8. The van der Waals surface area contributed by atoms with Crippen LogP contribution in [0.2, 0.25) is 0 Å². The zero-order valence-corrected chi connectivity index (χ0v) is 13.8. The van der Waals surface area contributed by atoms with E-state index < -0.39 is 0 Å². The molecule has 3 nitrogen and oxygen atoms in total. The van der Waals surface area contributed by atoms with Crippen molar-refractivity contribution in [3.8, 4) is 0 Å². The molecular weight excluding hydrogens is 300 g/mol. The molecule has 0 bridgehead atoms. The lowest BCUT2D eigenvalue weighted by molar-refractivity contribution is -0.243. The predicted octanol–water partition coefficient (Wildman–Crippen LogP) is 4.65. The lowest BCUT2D eigenvalue weighted by Crippen LogP contribution is -2.37. The van der Waals surface area contributed by atoms with Gasteiger partial charge in [0.15, 0.2) is 6.29 Å². The van der Waals surface area contributed by atoms with E-state index in [-0.39, 0.29) is 18.5 Å². The highest BCUT2D eigenvalue weighted by molar-refractivity contribution is 5.16. The van der Waals surface area contributed by atoms with E-state index in [1.165, 1.54) is 5.56 Å². The van der Waals surface area contributed by atoms with Crippen molar-refractivity contribution in [1.29, 1.82) is 0 Å². The van der Waals surface area contributed by atoms with E-state index >= 15 is 0 Å². The highest BCUT2D eigenvalue weighted by Gasteiger charge is 2.30. The highest BCUT2D eigenvalue weighted by atomic mass is 16.7. The van der Waals surface area contributed by atoms with Crippen LogP contribution in [0, 0.1) is 0 Å². The molecule has 0 amide bonds. The van der Waals surface area contributed by atoms with Gasteiger partial charge in [-0.3, -0.25) is 0 Å². The number of benzene rings is 2. The molecule has 3 atom stereocenters. The van der Waals surface area contributed by atoms with Crippen LogP contribution < -0.4 is 0 Å². The Kier molecular flexibility index (Phi) is 6.19. The largest absolute Gasteiger partial charge is 0.371 e. The van der Waals surface area contributed by atoms with E-state index in [1.807, 2.05) is 54.6 Å². The molecular formula is C21H24O3. The standard InChI is InChI=1S/C21H24O3/c1-2-9-19(23-16-17-10-5-3-6-11-17)20-14-15-22-21(24-20)18-12-7-4-8-13-18/h2-8,10-13,19-21H,1,9,14-16H2/t19-,20+,21?/m0/s1. The number of ether oxygens (including phenoxy) is 3. The van der Waals surface area contributed by atoms with Crippen molar-refractivity contribution in [2.24, 2.45) is 0 Å². The maximum atomic E-state index is 6.18. The minimum atomic E-state index is -0.322. The van der Waals surface area contributed by atoms with Gasteiger partial charge in [0.2, 0.25) is 0 Å². The summed E-state index contributed by atoms with van der Waals surface area (Å²) >= 11 is 0. The summed E-state index contributed by atoms with van der Waals surface area (Å²) in [6.07, 6.45) is 3.16. The predicted molar refractivity (Wildman–Crippen MR) is 94.5 cm³/mol. The normalized spacial score (nSPS) is 22.0. The van der Waals surface area contributed by atoms with Crippen LogP contribution >= 0.6 is 0 Å². The van der Waals surface area contributed by atoms with Crippen molar-refractivity contribution in [1.82, 2.24) is 0 Å². The molecule has 3 rings (SSSR count). The van der Waals surface area contributed by atoms with Gasteiger partial charge in [-0.2, -0.15) is 0 Å². The van der Waals surface area contributed by atoms with E-state index in [0.717, 1.165) is 18.4 Å². The second-order valence-electron chi connectivity index (χ2n) is 5.94. The van der Waals surface area contributed by atoms with Gasteiger partial charge in [-0.25, -0.2) is 0 Å². The third-order valence-electron chi connectivity index (χ3n) is 4.16. The van der Waals surface area contributed by atoms with Crippen molar-refractivity contribution >= 4 is 0 Å². The Morgan fingerprint density at radius 3 is 2.50 bits per heavy atom. The Bertz CT molecular complexity index is 611. The van der Waals surface area contributed by atoms with Crippen LogP contribution in [0.3, 0.4) is 0 Å². The second kappa shape index (κ2) is 8.78. The van der Waals surface area contributed by atoms with Crippen molar-refractivity contribution < 1.29 is 14.2 Å². The highest BCUT2D eigenvalue weighted by Crippen LogP contribution is 2.29. The molecule has 0 spiro atoms. The van der Waals surface area contributed by atoms with Gasteiger partial charge in [-0.15, -0.1) is 6.58 Å². The van der Waals surface area contributed by atoms with Crippen LogP contribution in [-0.2, 0) is 20.8 Å². The van der Waals surface area contributed by atoms with Gasteiger partial charge in [0.25, 0.3) is 0 Å². The summed E-state index contributed by atoms with van der Waals surface area (Å²) in [7, 11) is 0. The molecule has 1 heterocycles. The molecule has 24 heavy (non-hydrogen) atoms. The van der Waals surface area contributed by atoms with E-state index in [9.17, 15) is 0 Å². The minimum Gasteiger partial charge on any atom is -0.371 e. The quantitative estimate of drug-likeness (QED) is 0.694. The Hall–Kier alpha value is -1.94. The van der Waals surface area contributed by atoms with Crippen LogP contribution in [0.25, 0.3) is 0 Å². The van der Waals surface area contributed by atoms with Gasteiger partial charge < -0.3 is 14.2 Å². The first kappa shape index (κ1) is 16.9. The average molecular weight is 324 g/mol. The van der Waals surface area contributed by atoms with Crippen molar-refractivity contribution in [2.45, 2.75) is 37.9 Å². The molecule has 0 N–H and O–H groups in total. The fraction of sp³-hybridized carbons (Fsp3) is 0.333. The molecule has 2 aromatic rings. The minimum absolute atomic E-state index is 0.00525. The molecule has 0 saturated carbocycles. The van der Waals surface area contributed by atoms with Gasteiger partial charge in [0.05, 0.1) is 25.4 Å². The molecule has 0 radical (unpaired) electrons. The maximum absolute atomic E-state index is 6.18. The summed E-state index contributed by atoms with van der Waals surface area (Å²) in [6, 6.07) is 20.3. The Morgan fingerprint density at radius 2 is 1.79 bits per heavy atom. The molecule has 1 aliphatic rings. The Morgan fingerprint density at radius 1 is 1.08 bits per heavy atom. The van der Waals surface area contributed by atoms with Crippen molar-refractivity contribution in [2.75, 3.05) is 6.61 Å². The summed E-state index contributed by atoms with van der Waals surface area (Å²) in [5.74, 6) is 0. The third kappa shape index (κ3) is 4.54. The van der Waals surface area contributed by atoms with Crippen LogP contribution in [0.4, 0.5) is 0 Å². The van der Waals surface area contributed by atoms with Gasteiger partial charge in [0, 0.05) is 5.56 Å². The first-order valence-corrected chi connectivity index (χ1v) is 8.45. The van der Waals surface area contributed by atoms with Crippen LogP contribution in [-0.4, -0.2) is 18.8 Å². The topological polar surface area (TPSA) is 27.7 Å². The molecule has 2 aromatic carbocycles. The SMILES string of the molecule is C=CC[C@H](OCc1ccccc1)[C@H]1CCOC(c2ccccc2)O1. The van der Waals surface area contributed by atoms with E-state index in [0.29, 0.717) is 13.2 Å². The van der Waals surface area contributed by atoms with Gasteiger partial charge >= 0.3 is 0 Å². The monoisotopic (exact) mass is 324 g/mol. The molecule has 0 aromatic heterocycles. The first-order valence-electron chi connectivity index (χ1n) is 8.45. The summed E-state index contributed by atoms with van der Waals surface area (Å²) in [5, 5.41) is 0. The summed E-state index contributed by atoms with van der Waals surface area (Å²) in [4.78, 5) is 0. The van der Waals surface area contributed by atoms with Crippen molar-refractivity contribution in [3.05, 3.63) is 84.4 Å². The molecule has 1 fully saturated rings. The third-order valence-corrected chi connectivity index (χ3v) is 4.16. The molecule has 1 unspecified atom stereocenters. The van der Waals surface area contributed by atoms with Crippen molar-refractivity contribution in [3.63, 3.8) is 0 Å². The fourth-order valence-electron chi connectivity index (χ4n) is 2.88. The molecule has 126 valence electrons. The molecule has 1 saturated heterocycles. The number of hydrogen-bond donors (Lipinski definition) is 0. The van der Waals surface area contributed by atoms with Crippen LogP contribution in [0.1, 0.15) is 30.3 Å². The number of rotatable bonds is 7. The summed E-state index contributed by atoms with van der Waals surface area (Å²) < 4.78 is 18.1. The lowest BCUT2D eigenvalue weighted by atomic mass is 10.1. The van der Waals surface area contributed by atoms with Crippen LogP contribution in [0.5, 0.6) is 0 Å². The summed E-state index contributed by atoms with van der Waals surface area (Å²) in [6.45, 7) is 5.11. The van der Waals surface area contributed by atoms with Gasteiger partial charge in [0.1, 0.15) is 0 Å². The van der Waals surface area contributed by atoms with E-state index in [4.69, 9.17) is 14.2 Å².